The third-order valence-electron chi connectivity index (χ3n) is 6.78. The number of nitrogens with zero attached hydrogens (tertiary/aromatic N) is 2. The van der Waals surface area contributed by atoms with Crippen LogP contribution in [0.15, 0.2) is 84.9 Å². The largest absolute Gasteiger partial charge is 0.481 e. The van der Waals surface area contributed by atoms with Gasteiger partial charge in [0, 0.05) is 25.6 Å². The van der Waals surface area contributed by atoms with Gasteiger partial charge in [0.1, 0.15) is 6.04 Å². The van der Waals surface area contributed by atoms with E-state index in [-0.39, 0.29) is 18.2 Å². The fourth-order valence-corrected chi connectivity index (χ4v) is 4.68. The highest BCUT2D eigenvalue weighted by molar-refractivity contribution is 5.91. The van der Waals surface area contributed by atoms with E-state index in [1.54, 1.807) is 4.90 Å². The Bertz CT molecular complexity index is 1230. The molecule has 0 aromatic heterocycles. The maximum absolute atomic E-state index is 14.2. The smallest absolute Gasteiger partial charge is 0.304 e. The van der Waals surface area contributed by atoms with E-state index in [4.69, 9.17) is 0 Å². The number of nitrogens with one attached hydrogen (secondary N) is 1. The monoisotopic (exact) mass is 543 g/mol. The van der Waals surface area contributed by atoms with Crippen molar-refractivity contribution in [2.45, 2.75) is 39.3 Å². The number of hydrogen-bond donors (Lipinski definition) is 2. The van der Waals surface area contributed by atoms with Crippen LogP contribution in [0.2, 0.25) is 0 Å². The van der Waals surface area contributed by atoms with Crippen LogP contribution in [0.5, 0.6) is 0 Å². The number of rotatable bonds is 14. The van der Waals surface area contributed by atoms with Gasteiger partial charge in [0.25, 0.3) is 0 Å². The van der Waals surface area contributed by atoms with Crippen molar-refractivity contribution in [3.8, 4) is 11.1 Å². The summed E-state index contributed by atoms with van der Waals surface area (Å²) in [4.78, 5) is 43.0. The number of likely N-dealkylation sites (N-methyl/N-ethyl adjacent to an activating group) is 1. The average molecular weight is 544 g/mol. The fourth-order valence-electron chi connectivity index (χ4n) is 4.68. The number of hydrogen-bond acceptors (Lipinski definition) is 4. The third-order valence-corrected chi connectivity index (χ3v) is 6.78. The van der Waals surface area contributed by atoms with E-state index in [1.807, 2.05) is 118 Å². The van der Waals surface area contributed by atoms with Gasteiger partial charge in [0.15, 0.2) is 0 Å². The lowest BCUT2D eigenvalue weighted by molar-refractivity contribution is -0.142. The third kappa shape index (κ3) is 9.35. The molecule has 0 heterocycles. The topological polar surface area (TPSA) is 89.9 Å². The molecule has 0 aliphatic rings. The Hall–Kier alpha value is -3.97. The van der Waals surface area contributed by atoms with Gasteiger partial charge >= 0.3 is 5.97 Å². The standard InChI is InChI=1S/C33H41N3O4/c1-24(2)21-29(22-30(37)38)32(39)34-31(28-17-15-27(16-18-28)26-13-9-6-10-14-26)33(40)36(20-19-35(3)4)23-25-11-7-5-8-12-25/h5-18,24,29,31H,19-23H2,1-4H3,(H,34,39)(H,37,38)/t29-,31?/m1/s1. The van der Waals surface area contributed by atoms with E-state index >= 15 is 0 Å². The molecule has 2 amide bonds. The SMILES string of the molecule is CC(C)C[C@H](CC(=O)O)C(=O)NC(C(=O)N(CCN(C)C)Cc1ccccc1)c1ccc(-c2ccccc2)cc1. The molecule has 3 rings (SSSR count). The molecular formula is C33H41N3O4. The van der Waals surface area contributed by atoms with Crippen LogP contribution < -0.4 is 5.32 Å². The Morgan fingerprint density at radius 1 is 0.800 bits per heavy atom. The van der Waals surface area contributed by atoms with Gasteiger partial charge in [-0.05, 0) is 48.7 Å². The molecule has 40 heavy (non-hydrogen) atoms. The summed E-state index contributed by atoms with van der Waals surface area (Å²) in [5.41, 5.74) is 3.69. The van der Waals surface area contributed by atoms with Gasteiger partial charge in [-0.2, -0.15) is 0 Å². The molecule has 0 saturated heterocycles. The molecule has 3 aromatic carbocycles. The van der Waals surface area contributed by atoms with Crippen molar-refractivity contribution in [3.05, 3.63) is 96.1 Å². The zero-order valence-electron chi connectivity index (χ0n) is 23.9. The summed E-state index contributed by atoms with van der Waals surface area (Å²) < 4.78 is 0. The van der Waals surface area contributed by atoms with Gasteiger partial charge < -0.3 is 20.2 Å². The first-order chi connectivity index (χ1) is 19.1. The van der Waals surface area contributed by atoms with E-state index in [9.17, 15) is 19.5 Å². The summed E-state index contributed by atoms with van der Waals surface area (Å²) in [6.07, 6.45) is 0.132. The summed E-state index contributed by atoms with van der Waals surface area (Å²) in [7, 11) is 3.91. The number of carbonyl (C=O) groups excluding carboxylic acids is 2. The quantitative estimate of drug-likeness (QED) is 0.290. The van der Waals surface area contributed by atoms with Crippen LogP contribution in [0.3, 0.4) is 0 Å². The fraction of sp³-hybridized carbons (Fsp3) is 0.364. The highest BCUT2D eigenvalue weighted by Crippen LogP contribution is 2.25. The predicted molar refractivity (Wildman–Crippen MR) is 158 cm³/mol. The lowest BCUT2D eigenvalue weighted by Gasteiger charge is -2.30. The van der Waals surface area contributed by atoms with Gasteiger partial charge in [-0.25, -0.2) is 0 Å². The average Bonchev–Trinajstić information content (AvgIpc) is 2.93. The molecule has 0 aliphatic heterocycles. The molecule has 0 aliphatic carbocycles. The van der Waals surface area contributed by atoms with E-state index < -0.39 is 23.8 Å². The lowest BCUT2D eigenvalue weighted by Crippen LogP contribution is -2.46. The Balaban J connectivity index is 1.97. The zero-order chi connectivity index (χ0) is 29.1. The Morgan fingerprint density at radius 2 is 1.38 bits per heavy atom. The van der Waals surface area contributed by atoms with Gasteiger partial charge in [-0.15, -0.1) is 0 Å². The number of aliphatic carboxylic acids is 1. The van der Waals surface area contributed by atoms with Crippen molar-refractivity contribution in [1.29, 1.82) is 0 Å². The van der Waals surface area contributed by atoms with Gasteiger partial charge in [0.2, 0.25) is 11.8 Å². The first kappa shape index (κ1) is 30.6. The van der Waals surface area contributed by atoms with Gasteiger partial charge in [-0.1, -0.05) is 98.8 Å². The molecule has 2 N–H and O–H groups in total. The lowest BCUT2D eigenvalue weighted by atomic mass is 9.92. The molecule has 0 spiro atoms. The summed E-state index contributed by atoms with van der Waals surface area (Å²) in [5.74, 6) is -2.30. The molecule has 7 nitrogen and oxygen atoms in total. The van der Waals surface area contributed by atoms with Crippen LogP contribution in [-0.4, -0.2) is 59.9 Å². The summed E-state index contributed by atoms with van der Waals surface area (Å²) >= 11 is 0. The van der Waals surface area contributed by atoms with Crippen molar-refractivity contribution in [1.82, 2.24) is 15.1 Å². The molecule has 0 saturated carbocycles. The summed E-state index contributed by atoms with van der Waals surface area (Å²) in [6, 6.07) is 26.4. The highest BCUT2D eigenvalue weighted by atomic mass is 16.4. The van der Waals surface area contributed by atoms with Crippen molar-refractivity contribution in [2.75, 3.05) is 27.2 Å². The number of amides is 2. The van der Waals surface area contributed by atoms with Crippen molar-refractivity contribution >= 4 is 17.8 Å². The summed E-state index contributed by atoms with van der Waals surface area (Å²) in [6.45, 7) is 5.43. The minimum absolute atomic E-state index is 0.129. The van der Waals surface area contributed by atoms with Gasteiger partial charge in [0.05, 0.1) is 6.42 Å². The second-order valence-electron chi connectivity index (χ2n) is 10.9. The van der Waals surface area contributed by atoms with E-state index in [1.165, 1.54) is 0 Å². The normalized spacial score (nSPS) is 12.7. The second kappa shape index (κ2) is 15.0. The number of carboxylic acids is 1. The minimum atomic E-state index is -1.03. The van der Waals surface area contributed by atoms with E-state index in [0.29, 0.717) is 31.6 Å². The van der Waals surface area contributed by atoms with Crippen LogP contribution in [0.4, 0.5) is 0 Å². The first-order valence-corrected chi connectivity index (χ1v) is 13.8. The van der Waals surface area contributed by atoms with Crippen LogP contribution in [-0.2, 0) is 20.9 Å². The van der Waals surface area contributed by atoms with Gasteiger partial charge in [-0.3, -0.25) is 14.4 Å². The molecule has 212 valence electrons. The molecule has 0 bridgehead atoms. The highest BCUT2D eigenvalue weighted by Gasteiger charge is 2.31. The van der Waals surface area contributed by atoms with Crippen molar-refractivity contribution in [2.24, 2.45) is 11.8 Å². The molecule has 1 unspecified atom stereocenters. The molecule has 3 aromatic rings. The number of carbonyl (C=O) groups is 3. The van der Waals surface area contributed by atoms with Crippen LogP contribution in [0, 0.1) is 11.8 Å². The van der Waals surface area contributed by atoms with Crippen molar-refractivity contribution in [3.63, 3.8) is 0 Å². The van der Waals surface area contributed by atoms with Crippen LogP contribution in [0.1, 0.15) is 43.9 Å². The Morgan fingerprint density at radius 3 is 1.93 bits per heavy atom. The Kier molecular flexibility index (Phi) is 11.5. The zero-order valence-corrected chi connectivity index (χ0v) is 23.9. The Labute approximate surface area is 237 Å². The maximum atomic E-state index is 14.2. The van der Waals surface area contributed by atoms with Crippen molar-refractivity contribution < 1.29 is 19.5 Å². The number of benzene rings is 3. The number of carboxylic acid groups (broad SMARTS) is 1. The maximum Gasteiger partial charge on any atom is 0.304 e. The van der Waals surface area contributed by atoms with Crippen LogP contribution >= 0.6 is 0 Å². The summed E-state index contributed by atoms with van der Waals surface area (Å²) in [5, 5.41) is 12.4. The molecule has 0 radical (unpaired) electrons. The molecule has 7 heteroatoms. The minimum Gasteiger partial charge on any atom is -0.481 e. The second-order valence-corrected chi connectivity index (χ2v) is 10.9. The van der Waals surface area contributed by atoms with Crippen LogP contribution in [0.25, 0.3) is 11.1 Å². The predicted octanol–water partition coefficient (Wildman–Crippen LogP) is 5.24. The molecular weight excluding hydrogens is 502 g/mol. The molecule has 0 fully saturated rings. The van der Waals surface area contributed by atoms with E-state index in [0.717, 1.165) is 16.7 Å². The van der Waals surface area contributed by atoms with E-state index in [2.05, 4.69) is 5.32 Å². The molecule has 2 atom stereocenters. The first-order valence-electron chi connectivity index (χ1n) is 13.8.